The first-order valence-electron chi connectivity index (χ1n) is 4.19. The van der Waals surface area contributed by atoms with Gasteiger partial charge in [0.25, 0.3) is 0 Å². The van der Waals surface area contributed by atoms with Gasteiger partial charge in [0.05, 0.1) is 6.61 Å². The molecule has 1 heteroatoms. The Balaban J connectivity index is 4.36. The van der Waals surface area contributed by atoms with Crippen LogP contribution >= 0.6 is 0 Å². The Hall–Kier alpha value is -0.300. The Morgan fingerprint density at radius 2 is 1.82 bits per heavy atom. The second-order valence-electron chi connectivity index (χ2n) is 4.40. The molecule has 0 aromatic rings. The van der Waals surface area contributed by atoms with Gasteiger partial charge < -0.3 is 5.11 Å². The van der Waals surface area contributed by atoms with E-state index in [4.69, 9.17) is 5.11 Å². The van der Waals surface area contributed by atoms with Gasteiger partial charge in [-0.25, -0.2) is 0 Å². The van der Waals surface area contributed by atoms with Crippen molar-refractivity contribution < 1.29 is 5.11 Å². The smallest absolute Gasteiger partial charge is 0.0644 e. The van der Waals surface area contributed by atoms with E-state index in [0.717, 1.165) is 5.57 Å². The first-order valence-corrected chi connectivity index (χ1v) is 4.19. The molecule has 0 saturated heterocycles. The number of hydrogen-bond acceptors (Lipinski definition) is 1. The fraction of sp³-hybridized carbons (Fsp3) is 0.800. The van der Waals surface area contributed by atoms with Crippen molar-refractivity contribution in [1.82, 2.24) is 0 Å². The standard InChI is InChI=1S/C10H20O/c1-8(2)9(7-11)6-10(3,4)5/h6,8,11H,7H2,1-5H3. The largest absolute Gasteiger partial charge is 0.392 e. The number of aliphatic hydroxyl groups excluding tert-OH is 1. The van der Waals surface area contributed by atoms with Crippen molar-refractivity contribution in [1.29, 1.82) is 0 Å². The summed E-state index contributed by atoms with van der Waals surface area (Å²) in [5, 5.41) is 8.99. The summed E-state index contributed by atoms with van der Waals surface area (Å²) >= 11 is 0. The lowest BCUT2D eigenvalue weighted by Gasteiger charge is -2.17. The Morgan fingerprint density at radius 1 is 1.36 bits per heavy atom. The van der Waals surface area contributed by atoms with Crippen LogP contribution in [0.1, 0.15) is 34.6 Å². The van der Waals surface area contributed by atoms with Gasteiger partial charge in [0.1, 0.15) is 0 Å². The van der Waals surface area contributed by atoms with Gasteiger partial charge in [0, 0.05) is 0 Å². The van der Waals surface area contributed by atoms with E-state index in [1.807, 2.05) is 0 Å². The van der Waals surface area contributed by atoms with Gasteiger partial charge in [-0.3, -0.25) is 0 Å². The van der Waals surface area contributed by atoms with Gasteiger partial charge in [-0.2, -0.15) is 0 Å². The monoisotopic (exact) mass is 156 g/mol. The summed E-state index contributed by atoms with van der Waals surface area (Å²) in [4.78, 5) is 0. The molecule has 0 rings (SSSR count). The molecule has 0 aliphatic carbocycles. The van der Waals surface area contributed by atoms with Gasteiger partial charge in [-0.15, -0.1) is 0 Å². The predicted octanol–water partition coefficient (Wildman–Crippen LogP) is 2.61. The van der Waals surface area contributed by atoms with Crippen LogP contribution in [-0.4, -0.2) is 11.7 Å². The van der Waals surface area contributed by atoms with Gasteiger partial charge in [0.15, 0.2) is 0 Å². The minimum atomic E-state index is 0.183. The van der Waals surface area contributed by atoms with E-state index in [-0.39, 0.29) is 12.0 Å². The van der Waals surface area contributed by atoms with E-state index >= 15 is 0 Å². The second-order valence-corrected chi connectivity index (χ2v) is 4.40. The Kier molecular flexibility index (Phi) is 3.81. The predicted molar refractivity (Wildman–Crippen MR) is 49.5 cm³/mol. The molecule has 0 bridgehead atoms. The van der Waals surface area contributed by atoms with Crippen molar-refractivity contribution >= 4 is 0 Å². The van der Waals surface area contributed by atoms with Crippen LogP contribution in [0.4, 0.5) is 0 Å². The van der Waals surface area contributed by atoms with Crippen molar-refractivity contribution in [2.24, 2.45) is 11.3 Å². The zero-order chi connectivity index (χ0) is 9.07. The maximum atomic E-state index is 8.99. The van der Waals surface area contributed by atoms with Crippen molar-refractivity contribution in [3.8, 4) is 0 Å². The first-order chi connectivity index (χ1) is 4.87. The average molecular weight is 156 g/mol. The summed E-state index contributed by atoms with van der Waals surface area (Å²) in [7, 11) is 0. The Morgan fingerprint density at radius 3 is 1.91 bits per heavy atom. The molecule has 0 saturated carbocycles. The van der Waals surface area contributed by atoms with Gasteiger partial charge in [0.2, 0.25) is 0 Å². The van der Waals surface area contributed by atoms with Crippen LogP contribution in [0, 0.1) is 11.3 Å². The van der Waals surface area contributed by atoms with Crippen LogP contribution in [-0.2, 0) is 0 Å². The van der Waals surface area contributed by atoms with Gasteiger partial charge in [-0.05, 0) is 16.9 Å². The highest BCUT2D eigenvalue weighted by Crippen LogP contribution is 2.20. The Labute approximate surface area is 70.1 Å². The summed E-state index contributed by atoms with van der Waals surface area (Å²) in [6, 6.07) is 0. The van der Waals surface area contributed by atoms with Crippen LogP contribution in [0.5, 0.6) is 0 Å². The minimum absolute atomic E-state index is 0.183. The molecule has 0 aliphatic heterocycles. The molecular weight excluding hydrogens is 136 g/mol. The van der Waals surface area contributed by atoms with E-state index in [1.54, 1.807) is 0 Å². The molecule has 0 spiro atoms. The quantitative estimate of drug-likeness (QED) is 0.609. The van der Waals surface area contributed by atoms with Crippen LogP contribution in [0.15, 0.2) is 11.6 Å². The molecule has 1 N–H and O–H groups in total. The van der Waals surface area contributed by atoms with Gasteiger partial charge >= 0.3 is 0 Å². The molecule has 0 atom stereocenters. The van der Waals surface area contributed by atoms with Crippen LogP contribution in [0.2, 0.25) is 0 Å². The maximum Gasteiger partial charge on any atom is 0.0644 e. The summed E-state index contributed by atoms with van der Waals surface area (Å²) < 4.78 is 0. The number of rotatable bonds is 2. The lowest BCUT2D eigenvalue weighted by atomic mass is 9.90. The average Bonchev–Trinajstić information content (AvgIpc) is 1.80. The Bertz CT molecular complexity index is 137. The fourth-order valence-electron chi connectivity index (χ4n) is 0.951. The molecule has 0 aromatic carbocycles. The molecule has 0 amide bonds. The lowest BCUT2D eigenvalue weighted by molar-refractivity contribution is 0.315. The minimum Gasteiger partial charge on any atom is -0.392 e. The highest BCUT2D eigenvalue weighted by Gasteiger charge is 2.09. The fourth-order valence-corrected chi connectivity index (χ4v) is 0.951. The van der Waals surface area contributed by atoms with Crippen molar-refractivity contribution in [3.05, 3.63) is 11.6 Å². The van der Waals surface area contributed by atoms with E-state index in [9.17, 15) is 0 Å². The van der Waals surface area contributed by atoms with Crippen LogP contribution in [0.25, 0.3) is 0 Å². The summed E-state index contributed by atoms with van der Waals surface area (Å²) in [5.41, 5.74) is 1.32. The summed E-state index contributed by atoms with van der Waals surface area (Å²) in [6.45, 7) is 10.8. The van der Waals surface area contributed by atoms with Crippen molar-refractivity contribution in [3.63, 3.8) is 0 Å². The molecule has 0 fully saturated rings. The van der Waals surface area contributed by atoms with Crippen LogP contribution in [0.3, 0.4) is 0 Å². The molecule has 66 valence electrons. The first kappa shape index (κ1) is 10.7. The molecular formula is C10H20O. The SMILES string of the molecule is CC(C)C(=CC(C)(C)C)CO. The lowest BCUT2D eigenvalue weighted by Crippen LogP contribution is -2.07. The van der Waals surface area contributed by atoms with Crippen LogP contribution < -0.4 is 0 Å². The molecule has 0 unspecified atom stereocenters. The zero-order valence-electron chi connectivity index (χ0n) is 8.31. The number of allylic oxidation sites excluding steroid dienone is 1. The highest BCUT2D eigenvalue weighted by atomic mass is 16.3. The zero-order valence-corrected chi connectivity index (χ0v) is 8.31. The summed E-state index contributed by atoms with van der Waals surface area (Å²) in [5.74, 6) is 0.458. The third-order valence-electron chi connectivity index (χ3n) is 1.54. The van der Waals surface area contributed by atoms with Crippen molar-refractivity contribution in [2.45, 2.75) is 34.6 Å². The molecule has 11 heavy (non-hydrogen) atoms. The second kappa shape index (κ2) is 3.91. The third-order valence-corrected chi connectivity index (χ3v) is 1.54. The molecule has 0 aromatic heterocycles. The third kappa shape index (κ3) is 5.02. The molecule has 0 heterocycles. The normalized spacial score (nSPS) is 14.3. The van der Waals surface area contributed by atoms with E-state index in [1.165, 1.54) is 0 Å². The van der Waals surface area contributed by atoms with Gasteiger partial charge in [-0.1, -0.05) is 40.7 Å². The molecule has 0 aliphatic rings. The maximum absolute atomic E-state index is 8.99. The summed E-state index contributed by atoms with van der Waals surface area (Å²) in [6.07, 6.45) is 2.15. The molecule has 0 radical (unpaired) electrons. The van der Waals surface area contributed by atoms with E-state index < -0.39 is 0 Å². The number of aliphatic hydroxyl groups is 1. The topological polar surface area (TPSA) is 20.2 Å². The number of hydrogen-bond donors (Lipinski definition) is 1. The van der Waals surface area contributed by atoms with E-state index in [0.29, 0.717) is 5.92 Å². The highest BCUT2D eigenvalue weighted by molar-refractivity contribution is 5.09. The molecule has 1 nitrogen and oxygen atoms in total. The van der Waals surface area contributed by atoms with E-state index in [2.05, 4.69) is 40.7 Å². The van der Waals surface area contributed by atoms with Crippen molar-refractivity contribution in [2.75, 3.05) is 6.61 Å².